The maximum Gasteiger partial charge on any atom is 0.227 e. The number of unbranched alkanes of at least 4 members (excludes halogenated alkanes) is 3. The predicted molar refractivity (Wildman–Crippen MR) is 114 cm³/mol. The van der Waals surface area contributed by atoms with Gasteiger partial charge in [-0.1, -0.05) is 26.2 Å². The minimum atomic E-state index is 0.174. The molecule has 2 aromatic rings. The van der Waals surface area contributed by atoms with E-state index in [0.717, 1.165) is 74.6 Å². The quantitative estimate of drug-likeness (QED) is 0.536. The normalized spacial score (nSPS) is 15.0. The molecule has 0 spiro atoms. The number of fused-ring (bicyclic) bond motifs is 1. The number of morpholine rings is 1. The van der Waals surface area contributed by atoms with E-state index in [0.29, 0.717) is 6.42 Å². The second kappa shape index (κ2) is 11.2. The standard InChI is InChI=1S/C23H34N2O4/c1-3-4-5-6-9-25(11-10-24-12-14-28-15-13-24)23(26)16-19-18-29-22-17-20(27-2)7-8-21(19)22/h7-8,17-18H,3-6,9-16H2,1-2H3. The van der Waals surface area contributed by atoms with Crippen LogP contribution in [0.2, 0.25) is 0 Å². The molecule has 0 N–H and O–H groups in total. The Hall–Kier alpha value is -2.05. The highest BCUT2D eigenvalue weighted by molar-refractivity contribution is 5.88. The van der Waals surface area contributed by atoms with Gasteiger partial charge in [-0.05, 0) is 18.6 Å². The summed E-state index contributed by atoms with van der Waals surface area (Å²) in [6, 6.07) is 5.75. The molecule has 1 saturated heterocycles. The zero-order valence-electron chi connectivity index (χ0n) is 17.8. The van der Waals surface area contributed by atoms with Crippen LogP contribution in [-0.4, -0.2) is 68.8 Å². The number of hydrogen-bond donors (Lipinski definition) is 0. The van der Waals surface area contributed by atoms with Crippen LogP contribution >= 0.6 is 0 Å². The summed E-state index contributed by atoms with van der Waals surface area (Å²) < 4.78 is 16.4. The summed E-state index contributed by atoms with van der Waals surface area (Å²) in [7, 11) is 1.64. The molecule has 0 atom stereocenters. The van der Waals surface area contributed by atoms with E-state index in [-0.39, 0.29) is 5.91 Å². The van der Waals surface area contributed by atoms with Crippen molar-refractivity contribution in [2.45, 2.75) is 39.0 Å². The molecular formula is C23H34N2O4. The fourth-order valence-electron chi connectivity index (χ4n) is 3.78. The van der Waals surface area contributed by atoms with E-state index in [1.54, 1.807) is 13.4 Å². The van der Waals surface area contributed by atoms with Crippen LogP contribution in [0.15, 0.2) is 28.9 Å². The Kier molecular flexibility index (Phi) is 8.38. The maximum atomic E-state index is 13.1. The second-order valence-corrected chi connectivity index (χ2v) is 7.70. The van der Waals surface area contributed by atoms with Crippen molar-refractivity contribution in [2.24, 2.45) is 0 Å². The number of methoxy groups -OCH3 is 1. The molecule has 1 aliphatic rings. The molecule has 1 aromatic carbocycles. The smallest absolute Gasteiger partial charge is 0.227 e. The molecule has 2 heterocycles. The molecule has 1 aliphatic heterocycles. The third-order valence-electron chi connectivity index (χ3n) is 5.63. The van der Waals surface area contributed by atoms with E-state index in [4.69, 9.17) is 13.9 Å². The largest absolute Gasteiger partial charge is 0.497 e. The number of ether oxygens (including phenoxy) is 2. The Morgan fingerprint density at radius 1 is 1.17 bits per heavy atom. The molecule has 160 valence electrons. The van der Waals surface area contributed by atoms with E-state index in [1.807, 2.05) is 23.1 Å². The van der Waals surface area contributed by atoms with Crippen LogP contribution in [0.3, 0.4) is 0 Å². The Labute approximate surface area is 173 Å². The highest BCUT2D eigenvalue weighted by atomic mass is 16.5. The van der Waals surface area contributed by atoms with Gasteiger partial charge in [0.25, 0.3) is 0 Å². The van der Waals surface area contributed by atoms with E-state index in [9.17, 15) is 4.79 Å². The van der Waals surface area contributed by atoms with Gasteiger partial charge >= 0.3 is 0 Å². The molecule has 0 radical (unpaired) electrons. The van der Waals surface area contributed by atoms with Crippen molar-refractivity contribution < 1.29 is 18.7 Å². The van der Waals surface area contributed by atoms with Crippen LogP contribution in [0, 0.1) is 0 Å². The molecule has 0 bridgehead atoms. The van der Waals surface area contributed by atoms with Gasteiger partial charge < -0.3 is 18.8 Å². The molecule has 0 unspecified atom stereocenters. The van der Waals surface area contributed by atoms with Gasteiger partial charge in [-0.15, -0.1) is 0 Å². The number of hydrogen-bond acceptors (Lipinski definition) is 5. The molecule has 0 aliphatic carbocycles. The first-order valence-electron chi connectivity index (χ1n) is 10.8. The number of carbonyl (C=O) groups is 1. The number of nitrogens with zero attached hydrogens (tertiary/aromatic N) is 2. The molecule has 0 saturated carbocycles. The Balaban J connectivity index is 1.62. The lowest BCUT2D eigenvalue weighted by molar-refractivity contribution is -0.130. The lowest BCUT2D eigenvalue weighted by atomic mass is 10.1. The second-order valence-electron chi connectivity index (χ2n) is 7.70. The molecular weight excluding hydrogens is 368 g/mol. The topological polar surface area (TPSA) is 55.2 Å². The van der Waals surface area contributed by atoms with Gasteiger partial charge in [-0.2, -0.15) is 0 Å². The van der Waals surface area contributed by atoms with Gasteiger partial charge in [-0.25, -0.2) is 0 Å². The molecule has 1 aromatic heterocycles. The summed E-state index contributed by atoms with van der Waals surface area (Å²) in [5, 5.41) is 0.985. The monoisotopic (exact) mass is 402 g/mol. The lowest BCUT2D eigenvalue weighted by Crippen LogP contribution is -2.43. The number of rotatable bonds is 11. The Morgan fingerprint density at radius 3 is 2.76 bits per heavy atom. The molecule has 1 amide bonds. The van der Waals surface area contributed by atoms with Crippen molar-refractivity contribution >= 4 is 16.9 Å². The van der Waals surface area contributed by atoms with Gasteiger partial charge in [0.2, 0.25) is 5.91 Å². The first kappa shape index (κ1) is 21.7. The van der Waals surface area contributed by atoms with Crippen molar-refractivity contribution in [3.05, 3.63) is 30.0 Å². The highest BCUT2D eigenvalue weighted by Gasteiger charge is 2.19. The van der Waals surface area contributed by atoms with Gasteiger partial charge in [0.1, 0.15) is 11.3 Å². The number of benzene rings is 1. The highest BCUT2D eigenvalue weighted by Crippen LogP contribution is 2.26. The van der Waals surface area contributed by atoms with Crippen molar-refractivity contribution in [1.29, 1.82) is 0 Å². The van der Waals surface area contributed by atoms with Crippen molar-refractivity contribution in [2.75, 3.05) is 53.0 Å². The minimum absolute atomic E-state index is 0.174. The Morgan fingerprint density at radius 2 is 2.00 bits per heavy atom. The van der Waals surface area contributed by atoms with Gasteiger partial charge in [-0.3, -0.25) is 9.69 Å². The zero-order chi connectivity index (χ0) is 20.5. The van der Waals surface area contributed by atoms with Crippen LogP contribution in [0.25, 0.3) is 11.0 Å². The van der Waals surface area contributed by atoms with E-state index >= 15 is 0 Å². The molecule has 6 nitrogen and oxygen atoms in total. The van der Waals surface area contributed by atoms with Crippen LogP contribution in [0.4, 0.5) is 0 Å². The summed E-state index contributed by atoms with van der Waals surface area (Å²) in [5.41, 5.74) is 1.70. The van der Waals surface area contributed by atoms with Gasteiger partial charge in [0.05, 0.1) is 33.0 Å². The van der Waals surface area contributed by atoms with E-state index in [1.165, 1.54) is 19.3 Å². The fourth-order valence-corrected chi connectivity index (χ4v) is 3.78. The summed E-state index contributed by atoms with van der Waals surface area (Å²) in [4.78, 5) is 17.5. The summed E-state index contributed by atoms with van der Waals surface area (Å²) in [5.74, 6) is 0.932. The predicted octanol–water partition coefficient (Wildman–Crippen LogP) is 3.73. The third-order valence-corrected chi connectivity index (χ3v) is 5.63. The first-order valence-corrected chi connectivity index (χ1v) is 10.8. The minimum Gasteiger partial charge on any atom is -0.497 e. The van der Waals surface area contributed by atoms with Crippen LogP contribution in [0.5, 0.6) is 5.75 Å². The molecule has 6 heteroatoms. The molecule has 1 fully saturated rings. The van der Waals surface area contributed by atoms with E-state index in [2.05, 4.69) is 11.8 Å². The number of furan rings is 1. The number of carbonyl (C=O) groups excluding carboxylic acids is 1. The van der Waals surface area contributed by atoms with Crippen molar-refractivity contribution in [3.8, 4) is 5.75 Å². The third kappa shape index (κ3) is 6.21. The van der Waals surface area contributed by atoms with Gasteiger partial charge in [0.15, 0.2) is 0 Å². The van der Waals surface area contributed by atoms with Crippen molar-refractivity contribution in [3.63, 3.8) is 0 Å². The molecule has 29 heavy (non-hydrogen) atoms. The Bertz CT molecular complexity index is 767. The van der Waals surface area contributed by atoms with Gasteiger partial charge in [0, 0.05) is 49.7 Å². The van der Waals surface area contributed by atoms with Crippen LogP contribution in [-0.2, 0) is 16.0 Å². The number of amides is 1. The van der Waals surface area contributed by atoms with E-state index < -0.39 is 0 Å². The average molecular weight is 403 g/mol. The van der Waals surface area contributed by atoms with Crippen LogP contribution < -0.4 is 4.74 Å². The fraction of sp³-hybridized carbons (Fsp3) is 0.609. The zero-order valence-corrected chi connectivity index (χ0v) is 17.8. The first-order chi connectivity index (χ1) is 14.2. The SMILES string of the molecule is CCCCCCN(CCN1CCOCC1)C(=O)Cc1coc2cc(OC)ccc12. The summed E-state index contributed by atoms with van der Waals surface area (Å²) in [6.45, 7) is 8.19. The van der Waals surface area contributed by atoms with Crippen LogP contribution in [0.1, 0.15) is 38.2 Å². The average Bonchev–Trinajstić information content (AvgIpc) is 3.15. The summed E-state index contributed by atoms with van der Waals surface area (Å²) in [6.07, 6.45) is 6.74. The maximum absolute atomic E-state index is 13.1. The summed E-state index contributed by atoms with van der Waals surface area (Å²) >= 11 is 0. The lowest BCUT2D eigenvalue weighted by Gasteiger charge is -2.30. The van der Waals surface area contributed by atoms with Crippen molar-refractivity contribution in [1.82, 2.24) is 9.80 Å². The molecule has 3 rings (SSSR count).